The van der Waals surface area contributed by atoms with Crippen LogP contribution in [0.3, 0.4) is 0 Å². The molecule has 2 radical (unpaired) electrons. The first kappa shape index (κ1) is 147. The molecule has 0 aliphatic carbocycles. The molecule has 5 aromatic carbocycles. The maximum Gasteiger partial charge on any atom is 0.495 e. The van der Waals surface area contributed by atoms with Crippen molar-refractivity contribution < 1.29 is 107 Å². The average molecular weight is 3030 g/mol. The monoisotopic (exact) mass is 3030 g/mol. The fourth-order valence-corrected chi connectivity index (χ4v) is 12.5. The number of aldehydes is 1. The predicted molar refractivity (Wildman–Crippen MR) is 638 cm³/mol. The number of carbonyl (C=O) groups is 1. The molecule has 3 saturated heterocycles. The summed E-state index contributed by atoms with van der Waals surface area (Å²) >= 11 is 24.8. The van der Waals surface area contributed by atoms with Crippen molar-refractivity contribution in [2.75, 3.05) is 195 Å². The topological polar surface area (TPSA) is 412 Å². The summed E-state index contributed by atoms with van der Waals surface area (Å²) in [5.41, 5.74) is 31.5. The zero-order chi connectivity index (χ0) is 107. The predicted octanol–water partition coefficient (Wildman–Crippen LogP) is 21.2. The molecule has 8 aromatic rings. The summed E-state index contributed by atoms with van der Waals surface area (Å²) in [6.07, 6.45) is 8.76. The number of nitrogen functional groups attached to an aromatic ring is 4. The SMILES string of the molecule is CC1(C)OB(B2OC(C)(C)C(C)(C)O2)OC1(C)C.CI.CN(C)CCN.CN(C)CCNc1cc(F)cc(-c2cncc(N)c2N)c1.CN(C)CCNc1cc(F)cc(-c2cncc(N)c2[N+](=O)[O-])c1.CN(C)CCNc1cc(F)cc(B2OC(C)(C)C(C)(C)O2)c1.CN(C)CCNc1cc(F)cc(Br)c1.CO.IC(I)I.ICI.Nc1cncc(Br)c1[N+](=O)[O-].O=Cc1cc(F)cc(Br)c1.[CH2-]I.[CH3-].[V].[V]. The van der Waals surface area contributed by atoms with Gasteiger partial charge in [-0.2, -0.15) is 0 Å². The Morgan fingerprint density at radius 3 is 1.04 bits per heavy atom. The van der Waals surface area contributed by atoms with Crippen molar-refractivity contribution in [2.24, 2.45) is 5.73 Å². The molecule has 0 atom stereocenters. The Labute approximate surface area is 978 Å². The van der Waals surface area contributed by atoms with Gasteiger partial charge >= 0.3 is 32.5 Å². The van der Waals surface area contributed by atoms with Crippen LogP contribution in [0.2, 0.25) is 0 Å². The molecule has 0 saturated carbocycles. The molecule has 15 N–H and O–H groups in total. The Bertz CT molecular complexity index is 4800. The van der Waals surface area contributed by atoms with E-state index in [0.29, 0.717) is 72.2 Å². The molecule has 141 heavy (non-hydrogen) atoms. The van der Waals surface area contributed by atoms with Crippen LogP contribution in [0.25, 0.3) is 22.3 Å². The Balaban J connectivity index is -0.000000499. The van der Waals surface area contributed by atoms with E-state index in [1.54, 1.807) is 18.3 Å². The van der Waals surface area contributed by atoms with E-state index in [1.165, 1.54) is 94.1 Å². The fraction of sp³-hybridized carbons (Fsp3) is 0.467. The number of aliphatic hydroxyl groups is 1. The van der Waals surface area contributed by atoms with Crippen molar-refractivity contribution >= 4 is 296 Å². The molecule has 3 fully saturated rings. The van der Waals surface area contributed by atoms with E-state index >= 15 is 0 Å². The molecular formula is C90H137B3Br3F5I7N19O12V2-2. The van der Waals surface area contributed by atoms with Crippen molar-refractivity contribution in [3.05, 3.63) is 209 Å². The van der Waals surface area contributed by atoms with Crippen LogP contribution in [0.15, 0.2) is 142 Å². The number of hydrogen-bond donors (Lipinski definition) is 10. The van der Waals surface area contributed by atoms with E-state index in [4.69, 9.17) is 61.7 Å². The molecule has 31 nitrogen and oxygen atoms in total. The van der Waals surface area contributed by atoms with Crippen LogP contribution in [-0.4, -0.2) is 266 Å². The maximum absolute atomic E-state index is 13.9. The normalized spacial score (nSPS) is 13.9. The van der Waals surface area contributed by atoms with Crippen molar-refractivity contribution in [1.29, 1.82) is 0 Å². The first-order chi connectivity index (χ1) is 64.2. The van der Waals surface area contributed by atoms with Gasteiger partial charge < -0.3 is 137 Å². The summed E-state index contributed by atoms with van der Waals surface area (Å²) < 4.78 is 106. The van der Waals surface area contributed by atoms with Gasteiger partial charge in [-0.1, -0.05) is 167 Å². The second kappa shape index (κ2) is 75.2. The Hall–Kier alpha value is -2.54. The summed E-state index contributed by atoms with van der Waals surface area (Å²) in [6, 6.07) is 22.6. The fourth-order valence-electron chi connectivity index (χ4n) is 11.0. The van der Waals surface area contributed by atoms with Crippen LogP contribution in [0, 0.1) is 61.7 Å². The molecule has 0 bridgehead atoms. The smallest absolute Gasteiger partial charge is 0.405 e. The zero-order valence-corrected chi connectivity index (χ0v) is 107. The van der Waals surface area contributed by atoms with Gasteiger partial charge in [0.1, 0.15) is 51.2 Å². The van der Waals surface area contributed by atoms with Crippen molar-refractivity contribution in [1.82, 2.24) is 39.5 Å². The molecule has 51 heteroatoms. The third-order valence-electron chi connectivity index (χ3n) is 19.9. The second-order valence-corrected chi connectivity index (χ2v) is 51.8. The molecule has 3 aliphatic rings. The van der Waals surface area contributed by atoms with E-state index in [-0.39, 0.29) is 113 Å². The first-order valence-electron chi connectivity index (χ1n) is 42.0. The van der Waals surface area contributed by atoms with E-state index in [1.807, 2.05) is 209 Å². The summed E-state index contributed by atoms with van der Waals surface area (Å²) in [4.78, 5) is 57.5. The van der Waals surface area contributed by atoms with Crippen LogP contribution in [0.5, 0.6) is 0 Å². The number of nitrogens with zero attached hydrogens (tertiary/aromatic N) is 10. The van der Waals surface area contributed by atoms with E-state index in [9.17, 15) is 47.0 Å². The van der Waals surface area contributed by atoms with E-state index in [0.717, 1.165) is 81.8 Å². The summed E-state index contributed by atoms with van der Waals surface area (Å²) in [6.45, 7) is 32.2. The number of carbonyl (C=O) groups excluding carboxylic acids is 1. The standard InChI is InChI=1S/C16H26BFN2O2.C15H18FN5O2.C15H20FN5.C12H24B2O4.C10H14BrFN2.C7H4BrFO.C5H4BrN3O2.C4H12N2.CHI3.CH2I2.CH3I.CH2I.CH4O.CH3.2V/c1-15(2)16(3,4)22-17(21-15)12-9-13(18)11-14(10-12)19-7-8-20(5)6;1-20(2)4-3-19-12-6-10(5-11(16)7-12)13-8-18-9-14(17)15(13)21(22)23;1-21(2)4-3-20-12-6-10(5-11(16)7-12)13-8-19-9-14(17)15(13)18;1-9(2)10(3,4)16-13(15-9)14-17-11(5,6)12(7,8)18-14;1-14(2)4-3-13-10-6-8(11)5-9(12)7-10;8-6-1-5(4-10)2-7(9)3-6;6-3-1-8-2-4(7)5(3)9(10)11;1-6(2)4-3-5;2-1(3)4;2-1-3;3*1-2;;;/h9-11,19H,7-8H2,1-6H3;5-9,19H,3-4,17H2,1-2H3;5-9,20H,3-4,17H2,1-2H3,(H2,18,19);1-8H3;5-7,13H,3-4H2,1-2H3;1-4H;1-2H,7H2;3-5H2,1-2H3;1H;1H2;1H3;1H2;2H,1H3;1H3;;/q;;;;;;;;;;;-1;;-1;;. The van der Waals surface area contributed by atoms with E-state index < -0.39 is 53.8 Å². The minimum absolute atomic E-state index is 0. The number of nitrogens with two attached hydrogens (primary N) is 5. The summed E-state index contributed by atoms with van der Waals surface area (Å²) in [7, 11) is 19.4. The molecule has 0 unspecified atom stereocenters. The van der Waals surface area contributed by atoms with E-state index in [2.05, 4.69) is 239 Å². The number of aromatic nitrogens is 3. The minimum Gasteiger partial charge on any atom is -0.405 e. The van der Waals surface area contributed by atoms with Gasteiger partial charge in [0.05, 0.1) is 81.4 Å². The molecule has 11 rings (SSSR count). The minimum atomic E-state index is -0.587. The zero-order valence-electron chi connectivity index (χ0n) is 84.4. The number of nitro groups is 2. The van der Waals surface area contributed by atoms with Crippen LogP contribution in [0.1, 0.15) is 93.4 Å². The van der Waals surface area contributed by atoms with Crippen molar-refractivity contribution in [3.8, 4) is 22.3 Å². The molecular weight excluding hydrogens is 2900 g/mol. The second-order valence-electron chi connectivity index (χ2n) is 33.8. The quantitative estimate of drug-likeness (QED) is 0.00371. The molecule has 3 aliphatic heterocycles. The van der Waals surface area contributed by atoms with Crippen LogP contribution in [-0.2, 0) is 65.0 Å². The molecule has 0 spiro atoms. The molecule has 3 aromatic heterocycles. The third kappa shape index (κ3) is 57.5. The number of aliphatic hydroxyl groups excluding tert-OH is 1. The maximum atomic E-state index is 13.9. The van der Waals surface area contributed by atoms with Crippen LogP contribution < -0.4 is 55.4 Å². The third-order valence-corrected chi connectivity index (χ3v) is 21.4. The van der Waals surface area contributed by atoms with Gasteiger partial charge in [0.2, 0.25) is 0 Å². The number of pyridine rings is 3. The number of alkyl halides is 6. The van der Waals surface area contributed by atoms with Crippen molar-refractivity contribution in [3.63, 3.8) is 0 Å². The first-order valence-corrected chi connectivity index (χ1v) is 54.8. The Morgan fingerprint density at radius 2 is 0.738 bits per heavy atom. The number of likely N-dealkylation sites (N-methyl/N-ethyl adjacent to an activating group) is 5. The van der Waals surface area contributed by atoms with Gasteiger partial charge in [0, 0.05) is 171 Å². The summed E-state index contributed by atoms with van der Waals surface area (Å²) in [5.74, 6) is -1.75. The van der Waals surface area contributed by atoms with Gasteiger partial charge in [-0.3, -0.25) is 44.9 Å². The van der Waals surface area contributed by atoms with Gasteiger partial charge in [-0.15, -0.1) is 0 Å². The van der Waals surface area contributed by atoms with Crippen LogP contribution >= 0.6 is 206 Å². The van der Waals surface area contributed by atoms with Crippen molar-refractivity contribution in [2.45, 2.75) is 117 Å². The number of rotatable bonds is 25. The molecule has 6 heterocycles. The number of benzene rings is 5. The number of nitrogens with one attached hydrogen (secondary N) is 4. The number of halogens is 15. The van der Waals surface area contributed by atoms with Gasteiger partial charge in [-0.25, -0.2) is 22.0 Å². The number of anilines is 8. The van der Waals surface area contributed by atoms with Gasteiger partial charge in [-0.05, 0) is 282 Å². The van der Waals surface area contributed by atoms with Gasteiger partial charge in [0.25, 0.3) is 0 Å². The Morgan fingerprint density at radius 1 is 0.454 bits per heavy atom. The average Bonchev–Trinajstić information content (AvgIpc) is 1.84. The van der Waals surface area contributed by atoms with Crippen LogP contribution in [0.4, 0.5) is 78.8 Å². The Kier molecular flexibility index (Phi) is 78.4. The number of hydrogen-bond acceptors (Lipinski definition) is 29. The molecule has 790 valence electrons. The molecule has 0 amide bonds. The largest absolute Gasteiger partial charge is 0.495 e. The summed E-state index contributed by atoms with van der Waals surface area (Å²) in [5, 5.41) is 41.2. The van der Waals surface area contributed by atoms with Gasteiger partial charge in [0.15, 0.2) is 0 Å².